The molecule has 20 heavy (non-hydrogen) atoms. The summed E-state index contributed by atoms with van der Waals surface area (Å²) in [4.78, 5) is 0. The van der Waals surface area contributed by atoms with Crippen LogP contribution in [0, 0.1) is 19.8 Å². The smallest absolute Gasteiger partial charge is 0.00967 e. The molecule has 0 bridgehead atoms. The molecular formula is C19H31N. The molecule has 1 aliphatic carbocycles. The summed E-state index contributed by atoms with van der Waals surface area (Å²) >= 11 is 0. The Hall–Kier alpha value is -0.820. The molecule has 0 aliphatic heterocycles. The maximum Gasteiger partial charge on any atom is 0.00967 e. The Balaban J connectivity index is 2.20. The van der Waals surface area contributed by atoms with E-state index in [-0.39, 0.29) is 5.54 Å². The Morgan fingerprint density at radius 2 is 1.60 bits per heavy atom. The van der Waals surface area contributed by atoms with Crippen molar-refractivity contribution in [3.05, 3.63) is 34.9 Å². The second-order valence-electron chi connectivity index (χ2n) is 7.70. The fourth-order valence-electron chi connectivity index (χ4n) is 3.56. The second-order valence-corrected chi connectivity index (χ2v) is 7.70. The van der Waals surface area contributed by atoms with Crippen molar-refractivity contribution in [3.63, 3.8) is 0 Å². The fourth-order valence-corrected chi connectivity index (χ4v) is 3.56. The quantitative estimate of drug-likeness (QED) is 0.817. The molecule has 1 saturated carbocycles. The van der Waals surface area contributed by atoms with Crippen LogP contribution in [0.2, 0.25) is 0 Å². The third-order valence-electron chi connectivity index (χ3n) is 4.49. The van der Waals surface area contributed by atoms with Crippen LogP contribution in [0.5, 0.6) is 0 Å². The molecule has 2 rings (SSSR count). The van der Waals surface area contributed by atoms with Gasteiger partial charge in [0.1, 0.15) is 0 Å². The van der Waals surface area contributed by atoms with Gasteiger partial charge in [-0.2, -0.15) is 0 Å². The number of hydrogen-bond donors (Lipinski definition) is 1. The first-order chi connectivity index (χ1) is 9.35. The highest BCUT2D eigenvalue weighted by atomic mass is 14.9. The Morgan fingerprint density at radius 1 is 1.05 bits per heavy atom. The minimum Gasteiger partial charge on any atom is -0.311 e. The molecule has 0 saturated heterocycles. The summed E-state index contributed by atoms with van der Waals surface area (Å²) in [5, 5.41) is 3.74. The maximum atomic E-state index is 3.74. The SMILES string of the molecule is Cc1cc(C)cc(C(CNC(C)(C)C)C2CCCC2)c1. The topological polar surface area (TPSA) is 12.0 Å². The van der Waals surface area contributed by atoms with E-state index in [1.807, 2.05) is 0 Å². The molecular weight excluding hydrogens is 242 g/mol. The highest BCUT2D eigenvalue weighted by molar-refractivity contribution is 5.31. The predicted molar refractivity (Wildman–Crippen MR) is 88.4 cm³/mol. The van der Waals surface area contributed by atoms with E-state index in [2.05, 4.69) is 58.1 Å². The molecule has 112 valence electrons. The fraction of sp³-hybridized carbons (Fsp3) is 0.684. The minimum atomic E-state index is 0.204. The van der Waals surface area contributed by atoms with Crippen molar-refractivity contribution >= 4 is 0 Å². The van der Waals surface area contributed by atoms with Crippen LogP contribution in [-0.4, -0.2) is 12.1 Å². The molecule has 1 aromatic carbocycles. The zero-order chi connectivity index (χ0) is 14.8. The third-order valence-corrected chi connectivity index (χ3v) is 4.49. The van der Waals surface area contributed by atoms with Gasteiger partial charge in [-0.15, -0.1) is 0 Å². The van der Waals surface area contributed by atoms with E-state index in [0.717, 1.165) is 12.5 Å². The van der Waals surface area contributed by atoms with Gasteiger partial charge < -0.3 is 5.32 Å². The van der Waals surface area contributed by atoms with E-state index >= 15 is 0 Å². The van der Waals surface area contributed by atoms with Crippen molar-refractivity contribution in [1.29, 1.82) is 0 Å². The number of aryl methyl sites for hydroxylation is 2. The van der Waals surface area contributed by atoms with Crippen molar-refractivity contribution < 1.29 is 0 Å². The lowest BCUT2D eigenvalue weighted by Gasteiger charge is -2.29. The molecule has 1 N–H and O–H groups in total. The van der Waals surface area contributed by atoms with Gasteiger partial charge in [0.15, 0.2) is 0 Å². The molecule has 1 unspecified atom stereocenters. The zero-order valence-corrected chi connectivity index (χ0v) is 13.9. The van der Waals surface area contributed by atoms with Crippen molar-refractivity contribution in [1.82, 2.24) is 5.32 Å². The number of nitrogens with one attached hydrogen (secondary N) is 1. The largest absolute Gasteiger partial charge is 0.311 e. The highest BCUT2D eigenvalue weighted by Gasteiger charge is 2.27. The summed E-state index contributed by atoms with van der Waals surface area (Å²) in [6, 6.07) is 7.09. The molecule has 1 aliphatic rings. The molecule has 0 aromatic heterocycles. The predicted octanol–water partition coefficient (Wildman–Crippen LogP) is 4.97. The molecule has 1 fully saturated rings. The van der Waals surface area contributed by atoms with Gasteiger partial charge in [0.05, 0.1) is 0 Å². The van der Waals surface area contributed by atoms with Gasteiger partial charge in [-0.3, -0.25) is 0 Å². The summed E-state index contributed by atoms with van der Waals surface area (Å²) in [5.74, 6) is 1.54. The first-order valence-corrected chi connectivity index (χ1v) is 8.18. The van der Waals surface area contributed by atoms with Crippen molar-refractivity contribution in [3.8, 4) is 0 Å². The first kappa shape index (κ1) is 15.6. The van der Waals surface area contributed by atoms with E-state index in [1.165, 1.54) is 36.8 Å². The Morgan fingerprint density at radius 3 is 2.10 bits per heavy atom. The van der Waals surface area contributed by atoms with Crippen LogP contribution in [0.3, 0.4) is 0 Å². The van der Waals surface area contributed by atoms with Gasteiger partial charge in [0.2, 0.25) is 0 Å². The number of hydrogen-bond acceptors (Lipinski definition) is 1. The van der Waals surface area contributed by atoms with Gasteiger partial charge in [-0.1, -0.05) is 42.2 Å². The minimum absolute atomic E-state index is 0.204. The van der Waals surface area contributed by atoms with Crippen molar-refractivity contribution in [2.45, 2.75) is 71.8 Å². The maximum absolute atomic E-state index is 3.74. The van der Waals surface area contributed by atoms with Crippen LogP contribution >= 0.6 is 0 Å². The third kappa shape index (κ3) is 4.34. The van der Waals surface area contributed by atoms with Crippen LogP contribution in [0.25, 0.3) is 0 Å². The normalized spacial score (nSPS) is 18.4. The van der Waals surface area contributed by atoms with Gasteiger partial charge in [-0.05, 0) is 64.9 Å². The van der Waals surface area contributed by atoms with Gasteiger partial charge >= 0.3 is 0 Å². The second kappa shape index (κ2) is 6.30. The molecule has 0 radical (unpaired) electrons. The Labute approximate surface area is 125 Å². The van der Waals surface area contributed by atoms with Crippen LogP contribution in [0.15, 0.2) is 18.2 Å². The summed E-state index contributed by atoms with van der Waals surface area (Å²) < 4.78 is 0. The first-order valence-electron chi connectivity index (χ1n) is 8.18. The molecule has 0 spiro atoms. The lowest BCUT2D eigenvalue weighted by atomic mass is 9.83. The van der Waals surface area contributed by atoms with Gasteiger partial charge in [-0.25, -0.2) is 0 Å². The van der Waals surface area contributed by atoms with Crippen molar-refractivity contribution in [2.75, 3.05) is 6.54 Å². The molecule has 0 heterocycles. The van der Waals surface area contributed by atoms with E-state index in [4.69, 9.17) is 0 Å². The van der Waals surface area contributed by atoms with Gasteiger partial charge in [0, 0.05) is 12.1 Å². The van der Waals surface area contributed by atoms with E-state index in [1.54, 1.807) is 5.56 Å². The lowest BCUT2D eigenvalue weighted by molar-refractivity contribution is 0.351. The number of benzene rings is 1. The lowest BCUT2D eigenvalue weighted by Crippen LogP contribution is -2.39. The van der Waals surface area contributed by atoms with E-state index < -0.39 is 0 Å². The molecule has 1 aromatic rings. The Kier molecular flexibility index (Phi) is 4.90. The van der Waals surface area contributed by atoms with Crippen molar-refractivity contribution in [2.24, 2.45) is 5.92 Å². The van der Waals surface area contributed by atoms with Crippen LogP contribution in [0.1, 0.15) is 69.1 Å². The highest BCUT2D eigenvalue weighted by Crippen LogP contribution is 2.37. The molecule has 1 heteroatoms. The van der Waals surface area contributed by atoms with Gasteiger partial charge in [0.25, 0.3) is 0 Å². The zero-order valence-electron chi connectivity index (χ0n) is 13.9. The Bertz CT molecular complexity index is 415. The summed E-state index contributed by atoms with van der Waals surface area (Å²) in [7, 11) is 0. The number of rotatable bonds is 4. The summed E-state index contributed by atoms with van der Waals surface area (Å²) in [6.07, 6.45) is 5.65. The monoisotopic (exact) mass is 273 g/mol. The van der Waals surface area contributed by atoms with E-state index in [0.29, 0.717) is 5.92 Å². The summed E-state index contributed by atoms with van der Waals surface area (Å²) in [5.41, 5.74) is 4.55. The molecule has 1 nitrogen and oxygen atoms in total. The summed E-state index contributed by atoms with van der Waals surface area (Å²) in [6.45, 7) is 12.3. The average Bonchev–Trinajstić information content (AvgIpc) is 2.80. The van der Waals surface area contributed by atoms with Crippen LogP contribution < -0.4 is 5.32 Å². The van der Waals surface area contributed by atoms with E-state index in [9.17, 15) is 0 Å². The molecule has 0 amide bonds. The molecule has 1 atom stereocenters. The average molecular weight is 273 g/mol. The van der Waals surface area contributed by atoms with Crippen LogP contribution in [-0.2, 0) is 0 Å². The standard InChI is InChI=1S/C19H31N/c1-14-10-15(2)12-17(11-14)18(13-20-19(3,4)5)16-8-6-7-9-16/h10-12,16,18,20H,6-9,13H2,1-5H3. The van der Waals surface area contributed by atoms with Crippen LogP contribution in [0.4, 0.5) is 0 Å².